The van der Waals surface area contributed by atoms with E-state index in [1.165, 1.54) is 44.1 Å². The number of amides is 2. The molecule has 0 aliphatic heterocycles. The third-order valence-corrected chi connectivity index (χ3v) is 6.72. The second-order valence-electron chi connectivity index (χ2n) is 9.87. The summed E-state index contributed by atoms with van der Waals surface area (Å²) in [6, 6.07) is 5.96. The van der Waals surface area contributed by atoms with Gasteiger partial charge in [0.2, 0.25) is 0 Å². The molecule has 2 amide bonds. The van der Waals surface area contributed by atoms with E-state index in [-0.39, 0.29) is 17.0 Å². The molecular weight excluding hydrogens is 530 g/mol. The van der Waals surface area contributed by atoms with Gasteiger partial charge in [-0.05, 0) is 67.4 Å². The van der Waals surface area contributed by atoms with Crippen molar-refractivity contribution in [2.75, 3.05) is 12.0 Å². The van der Waals surface area contributed by atoms with E-state index in [9.17, 15) is 33.1 Å². The van der Waals surface area contributed by atoms with E-state index in [4.69, 9.17) is 4.74 Å². The van der Waals surface area contributed by atoms with Gasteiger partial charge in [0, 0.05) is 11.7 Å². The van der Waals surface area contributed by atoms with E-state index >= 15 is 0 Å². The molecule has 0 unspecified atom stereocenters. The van der Waals surface area contributed by atoms with E-state index in [1.54, 1.807) is 0 Å². The highest BCUT2D eigenvalue weighted by atomic mass is 19.1. The van der Waals surface area contributed by atoms with Crippen LogP contribution in [-0.2, 0) is 4.79 Å². The van der Waals surface area contributed by atoms with Crippen molar-refractivity contribution in [3.8, 4) is 11.4 Å². The number of carboxylic acids is 1. The van der Waals surface area contributed by atoms with Crippen LogP contribution in [0.2, 0.25) is 0 Å². The number of nitrogens with one attached hydrogen (secondary N) is 1. The van der Waals surface area contributed by atoms with Gasteiger partial charge in [-0.3, -0.25) is 9.69 Å². The lowest BCUT2D eigenvalue weighted by molar-refractivity contribution is -0.143. The van der Waals surface area contributed by atoms with E-state index in [0.717, 1.165) is 37.5 Å². The number of tetrazole rings is 1. The largest absolute Gasteiger partial charge is 0.496 e. The monoisotopic (exact) mass is 558 g/mol. The van der Waals surface area contributed by atoms with Gasteiger partial charge in [0.25, 0.3) is 5.91 Å². The summed E-state index contributed by atoms with van der Waals surface area (Å²) >= 11 is 0. The van der Waals surface area contributed by atoms with E-state index < -0.39 is 52.5 Å². The Hall–Kier alpha value is -4.62. The Balaban J connectivity index is 1.79. The van der Waals surface area contributed by atoms with E-state index in [1.807, 2.05) is 0 Å². The molecule has 1 aliphatic rings. The van der Waals surface area contributed by atoms with Crippen LogP contribution in [0.1, 0.15) is 56.3 Å². The molecule has 1 heterocycles. The van der Waals surface area contributed by atoms with Crippen LogP contribution in [-0.4, -0.2) is 61.5 Å². The smallest absolute Gasteiger partial charge is 0.377 e. The number of hydrogen-bond acceptors (Lipinski definition) is 7. The number of methoxy groups -OCH3 is 1. The summed E-state index contributed by atoms with van der Waals surface area (Å²) in [6.07, 6.45) is 3.70. The standard InChI is InChI=1S/C26H28F2N6O6/c1-26(2,23(36)37)29-22(35)17-14-16(12-13-20(17)40-3)32(15-8-5-4-6-9-15)24(38)34-25(39)33(30-31-34)21-18(27)10-7-11-19(21)28/h7,10-15H,4-6,8-9H2,1-3H3,(H,29,35)(H,36,37). The Morgan fingerprint density at radius 2 is 1.73 bits per heavy atom. The average Bonchev–Trinajstić information content (AvgIpc) is 3.29. The summed E-state index contributed by atoms with van der Waals surface area (Å²) in [5, 5.41) is 19.0. The van der Waals surface area contributed by atoms with Crippen LogP contribution >= 0.6 is 0 Å². The molecule has 0 spiro atoms. The maximum Gasteiger partial charge on any atom is 0.377 e. The van der Waals surface area contributed by atoms with Crippen LogP contribution in [0.3, 0.4) is 0 Å². The molecule has 0 bridgehead atoms. The number of anilines is 1. The lowest BCUT2D eigenvalue weighted by atomic mass is 9.93. The average molecular weight is 559 g/mol. The molecule has 1 aliphatic carbocycles. The Kier molecular flexibility index (Phi) is 7.98. The molecule has 212 valence electrons. The first-order chi connectivity index (χ1) is 19.0. The van der Waals surface area contributed by atoms with Crippen LogP contribution < -0.4 is 20.6 Å². The molecule has 4 rings (SSSR count). The fourth-order valence-corrected chi connectivity index (χ4v) is 4.54. The number of aliphatic carboxylic acids is 1. The number of carbonyl (C=O) groups excluding carboxylic acids is 2. The molecule has 1 aromatic heterocycles. The minimum Gasteiger partial charge on any atom is -0.496 e. The van der Waals surface area contributed by atoms with Crippen molar-refractivity contribution < 1.29 is 33.0 Å². The van der Waals surface area contributed by atoms with Crippen LogP contribution in [0.4, 0.5) is 19.3 Å². The third-order valence-electron chi connectivity index (χ3n) is 6.72. The van der Waals surface area contributed by atoms with Crippen LogP contribution in [0.15, 0.2) is 41.2 Å². The molecule has 2 aromatic carbocycles. The molecule has 0 atom stereocenters. The van der Waals surface area contributed by atoms with Gasteiger partial charge in [-0.2, -0.15) is 4.68 Å². The number of halogens is 2. The van der Waals surface area contributed by atoms with Crippen molar-refractivity contribution in [1.82, 2.24) is 25.1 Å². The summed E-state index contributed by atoms with van der Waals surface area (Å²) in [5.41, 5.74) is -3.42. The predicted molar refractivity (Wildman–Crippen MR) is 138 cm³/mol. The summed E-state index contributed by atoms with van der Waals surface area (Å²) in [5.74, 6) is -4.04. The van der Waals surface area contributed by atoms with Crippen molar-refractivity contribution in [3.63, 3.8) is 0 Å². The highest BCUT2D eigenvalue weighted by Gasteiger charge is 2.34. The first kappa shape index (κ1) is 28.4. The quantitative estimate of drug-likeness (QED) is 0.420. The molecule has 0 saturated heterocycles. The summed E-state index contributed by atoms with van der Waals surface area (Å²) in [4.78, 5) is 52.9. The van der Waals surface area contributed by atoms with Crippen LogP contribution in [0.25, 0.3) is 5.69 Å². The third kappa shape index (κ3) is 5.42. The first-order valence-electron chi connectivity index (χ1n) is 12.5. The lowest BCUT2D eigenvalue weighted by Crippen LogP contribution is -2.50. The molecule has 0 radical (unpaired) electrons. The van der Waals surface area contributed by atoms with Gasteiger partial charge in [0.15, 0.2) is 11.6 Å². The zero-order valence-electron chi connectivity index (χ0n) is 22.1. The SMILES string of the molecule is COc1ccc(N(C(=O)n2nnn(-c3c(F)cccc3F)c2=O)C2CCCCC2)cc1C(=O)NC(C)(C)C(=O)O. The van der Waals surface area contributed by atoms with Crippen molar-refractivity contribution in [2.45, 2.75) is 57.5 Å². The van der Waals surface area contributed by atoms with Crippen LogP contribution in [0, 0.1) is 11.6 Å². The second kappa shape index (κ2) is 11.2. The second-order valence-corrected chi connectivity index (χ2v) is 9.87. The molecule has 1 saturated carbocycles. The molecule has 14 heteroatoms. The van der Waals surface area contributed by atoms with E-state index in [2.05, 4.69) is 15.7 Å². The zero-order chi connectivity index (χ0) is 29.2. The summed E-state index contributed by atoms with van der Waals surface area (Å²) in [7, 11) is 1.33. The number of aromatic nitrogens is 4. The number of para-hydroxylation sites is 1. The minimum atomic E-state index is -1.61. The maximum atomic E-state index is 14.3. The Morgan fingerprint density at radius 1 is 1.07 bits per heavy atom. The highest BCUT2D eigenvalue weighted by Crippen LogP contribution is 2.32. The van der Waals surface area contributed by atoms with Gasteiger partial charge in [0.05, 0.1) is 12.7 Å². The number of benzene rings is 2. The molecule has 2 N–H and O–H groups in total. The van der Waals surface area contributed by atoms with Gasteiger partial charge < -0.3 is 15.2 Å². The Labute approximate surface area is 227 Å². The number of carbonyl (C=O) groups is 3. The van der Waals surface area contributed by atoms with Crippen molar-refractivity contribution >= 4 is 23.6 Å². The molecule has 3 aromatic rings. The normalized spacial score (nSPS) is 14.0. The van der Waals surface area contributed by atoms with Crippen LogP contribution in [0.5, 0.6) is 5.75 Å². The maximum absolute atomic E-state index is 14.3. The van der Waals surface area contributed by atoms with E-state index in [0.29, 0.717) is 22.2 Å². The molecule has 1 fully saturated rings. The number of nitrogens with zero attached hydrogens (tertiary/aromatic N) is 5. The first-order valence-corrected chi connectivity index (χ1v) is 12.5. The summed E-state index contributed by atoms with van der Waals surface area (Å²) in [6.45, 7) is 2.63. The number of ether oxygens (including phenoxy) is 1. The minimum absolute atomic E-state index is 0.0487. The van der Waals surface area contributed by atoms with Gasteiger partial charge in [0.1, 0.15) is 17.0 Å². The van der Waals surface area contributed by atoms with Crippen molar-refractivity contribution in [1.29, 1.82) is 0 Å². The highest BCUT2D eigenvalue weighted by molar-refractivity contribution is 6.02. The molecular formula is C26H28F2N6O6. The number of rotatable bonds is 7. The predicted octanol–water partition coefficient (Wildman–Crippen LogP) is 3.12. The Morgan fingerprint density at radius 3 is 2.33 bits per heavy atom. The fraction of sp³-hybridized carbons (Fsp3) is 0.385. The summed E-state index contributed by atoms with van der Waals surface area (Å²) < 4.78 is 34.7. The van der Waals surface area contributed by atoms with Gasteiger partial charge in [-0.15, -0.1) is 4.68 Å². The topological polar surface area (TPSA) is 149 Å². The van der Waals surface area contributed by atoms with Gasteiger partial charge in [-0.25, -0.2) is 23.2 Å². The zero-order valence-corrected chi connectivity index (χ0v) is 22.1. The fourth-order valence-electron chi connectivity index (χ4n) is 4.54. The van der Waals surface area contributed by atoms with Crippen molar-refractivity contribution in [2.24, 2.45) is 0 Å². The van der Waals surface area contributed by atoms with Crippen molar-refractivity contribution in [3.05, 3.63) is 64.1 Å². The lowest BCUT2D eigenvalue weighted by Gasteiger charge is -2.34. The molecule has 40 heavy (non-hydrogen) atoms. The molecule has 12 nitrogen and oxygen atoms in total. The number of carboxylic acid groups (broad SMARTS) is 1. The Bertz CT molecular complexity index is 1490. The van der Waals surface area contributed by atoms with Gasteiger partial charge in [-0.1, -0.05) is 25.3 Å². The number of hydrogen-bond donors (Lipinski definition) is 2. The van der Waals surface area contributed by atoms with Gasteiger partial charge >= 0.3 is 17.7 Å².